The van der Waals surface area contributed by atoms with E-state index >= 15 is 0 Å². The molecule has 0 bridgehead atoms. The van der Waals surface area contributed by atoms with E-state index in [1.54, 1.807) is 19.9 Å². The van der Waals surface area contributed by atoms with Crippen molar-refractivity contribution < 1.29 is 28.3 Å². The minimum atomic E-state index is -0.463. The third-order valence-corrected chi connectivity index (χ3v) is 4.04. The number of carbonyl (C=O) groups excluding carboxylic acids is 2. The molecule has 0 saturated carbocycles. The Morgan fingerprint density at radius 3 is 2.89 bits per heavy atom. The van der Waals surface area contributed by atoms with E-state index in [1.165, 1.54) is 13.2 Å². The summed E-state index contributed by atoms with van der Waals surface area (Å²) in [6.45, 7) is 4.24. The summed E-state index contributed by atoms with van der Waals surface area (Å²) in [5, 5.41) is 6.66. The molecule has 1 aliphatic heterocycles. The first-order valence-corrected chi connectivity index (χ1v) is 8.94. The van der Waals surface area contributed by atoms with Crippen molar-refractivity contribution in [2.75, 3.05) is 20.3 Å². The van der Waals surface area contributed by atoms with Crippen LogP contribution >= 0.6 is 0 Å². The Kier molecular flexibility index (Phi) is 7.57. The maximum atomic E-state index is 14.3. The van der Waals surface area contributed by atoms with Crippen LogP contribution in [0, 0.1) is 12.7 Å². The van der Waals surface area contributed by atoms with Gasteiger partial charge >= 0.3 is 5.97 Å². The Balaban J connectivity index is 1.81. The minimum absolute atomic E-state index is 0.0994. The van der Waals surface area contributed by atoms with Gasteiger partial charge in [0, 0.05) is 19.4 Å². The first-order valence-electron chi connectivity index (χ1n) is 8.94. The maximum Gasteiger partial charge on any atom is 0.305 e. The highest BCUT2D eigenvalue weighted by Gasteiger charge is 2.28. The van der Waals surface area contributed by atoms with Crippen molar-refractivity contribution in [2.45, 2.75) is 45.6 Å². The lowest BCUT2D eigenvalue weighted by Gasteiger charge is -2.11. The Bertz CT molecular complexity index is 720. The Labute approximate surface area is 157 Å². The van der Waals surface area contributed by atoms with Crippen molar-refractivity contribution >= 4 is 17.6 Å². The summed E-state index contributed by atoms with van der Waals surface area (Å²) in [4.78, 5) is 28.5. The molecule has 1 heterocycles. The van der Waals surface area contributed by atoms with Gasteiger partial charge in [-0.2, -0.15) is 0 Å². The molecule has 0 aromatic heterocycles. The van der Waals surface area contributed by atoms with Gasteiger partial charge in [0.25, 0.3) is 0 Å². The molecule has 1 N–H and O–H groups in total. The van der Waals surface area contributed by atoms with Crippen LogP contribution in [0.4, 0.5) is 4.39 Å². The third kappa shape index (κ3) is 5.94. The van der Waals surface area contributed by atoms with E-state index < -0.39 is 11.9 Å². The predicted molar refractivity (Wildman–Crippen MR) is 97.2 cm³/mol. The van der Waals surface area contributed by atoms with Gasteiger partial charge in [-0.05, 0) is 38.0 Å². The van der Waals surface area contributed by atoms with E-state index in [4.69, 9.17) is 14.3 Å². The van der Waals surface area contributed by atoms with Crippen LogP contribution in [0.3, 0.4) is 0 Å². The largest absolute Gasteiger partial charge is 0.496 e. The lowest BCUT2D eigenvalue weighted by molar-refractivity contribution is -0.143. The fraction of sp³-hybridized carbons (Fsp3) is 0.526. The zero-order chi connectivity index (χ0) is 19.8. The topological polar surface area (TPSA) is 86.2 Å². The van der Waals surface area contributed by atoms with E-state index in [0.717, 1.165) is 5.56 Å². The number of hydrogen-bond donors (Lipinski definition) is 1. The zero-order valence-electron chi connectivity index (χ0n) is 15.8. The molecule has 0 aliphatic carbocycles. The molecular weight excluding hydrogens is 355 g/mol. The molecule has 8 heteroatoms. The van der Waals surface area contributed by atoms with Crippen molar-refractivity contribution in [2.24, 2.45) is 5.16 Å². The Morgan fingerprint density at radius 2 is 2.19 bits per heavy atom. The molecule has 27 heavy (non-hydrogen) atoms. The van der Waals surface area contributed by atoms with Gasteiger partial charge in [-0.15, -0.1) is 0 Å². The Hall–Kier alpha value is -2.64. The lowest BCUT2D eigenvalue weighted by atomic mass is 10.0. The number of ether oxygens (including phenoxy) is 2. The van der Waals surface area contributed by atoms with Gasteiger partial charge in [0.15, 0.2) is 0 Å². The number of oxime groups is 1. The maximum absolute atomic E-state index is 14.3. The molecule has 1 atom stereocenters. The number of nitrogens with zero attached hydrogens (tertiary/aromatic N) is 1. The highest BCUT2D eigenvalue weighted by molar-refractivity contribution is 6.04. The highest BCUT2D eigenvalue weighted by Crippen LogP contribution is 2.29. The van der Waals surface area contributed by atoms with Crippen LogP contribution in [0.5, 0.6) is 5.75 Å². The van der Waals surface area contributed by atoms with Crippen LogP contribution in [0.15, 0.2) is 17.3 Å². The van der Waals surface area contributed by atoms with Crippen molar-refractivity contribution in [3.8, 4) is 5.75 Å². The molecule has 148 valence electrons. The normalized spacial score (nSPS) is 15.7. The average molecular weight is 380 g/mol. The minimum Gasteiger partial charge on any atom is -0.496 e. The molecule has 0 radical (unpaired) electrons. The third-order valence-electron chi connectivity index (χ3n) is 4.04. The van der Waals surface area contributed by atoms with Gasteiger partial charge in [-0.3, -0.25) is 9.59 Å². The lowest BCUT2D eigenvalue weighted by Crippen LogP contribution is -2.28. The molecule has 1 aromatic carbocycles. The van der Waals surface area contributed by atoms with Crippen molar-refractivity contribution in [3.05, 3.63) is 29.1 Å². The highest BCUT2D eigenvalue weighted by atomic mass is 19.1. The average Bonchev–Trinajstić information content (AvgIpc) is 3.06. The summed E-state index contributed by atoms with van der Waals surface area (Å²) in [6, 6.07) is 3.13. The van der Waals surface area contributed by atoms with Gasteiger partial charge < -0.3 is 19.6 Å². The number of rotatable bonds is 9. The van der Waals surface area contributed by atoms with Crippen LogP contribution in [-0.4, -0.2) is 44.0 Å². The van der Waals surface area contributed by atoms with E-state index in [2.05, 4.69) is 10.5 Å². The SMILES string of the molecule is CCOC(=O)CCCNC(=O)CC1CC(c2c(F)cc(C)cc2OC)=NO1. The molecule has 7 nitrogen and oxygen atoms in total. The molecule has 0 fully saturated rings. The van der Waals surface area contributed by atoms with Crippen LogP contribution in [0.25, 0.3) is 0 Å². The van der Waals surface area contributed by atoms with Crippen molar-refractivity contribution in [1.82, 2.24) is 5.32 Å². The van der Waals surface area contributed by atoms with Crippen LogP contribution in [0.2, 0.25) is 0 Å². The van der Waals surface area contributed by atoms with Gasteiger partial charge in [0.2, 0.25) is 5.91 Å². The van der Waals surface area contributed by atoms with Crippen LogP contribution < -0.4 is 10.1 Å². The number of benzene rings is 1. The van der Waals surface area contributed by atoms with Gasteiger partial charge in [-0.25, -0.2) is 4.39 Å². The first kappa shape index (κ1) is 20.7. The smallest absolute Gasteiger partial charge is 0.305 e. The quantitative estimate of drug-likeness (QED) is 0.525. The van der Waals surface area contributed by atoms with E-state index in [-0.39, 0.29) is 30.3 Å². The number of amides is 1. The Morgan fingerprint density at radius 1 is 1.41 bits per heavy atom. The summed E-state index contributed by atoms with van der Waals surface area (Å²) in [5.74, 6) is -0.535. The number of carbonyl (C=O) groups is 2. The van der Waals surface area contributed by atoms with Crippen molar-refractivity contribution in [1.29, 1.82) is 0 Å². The summed E-state index contributed by atoms with van der Waals surface area (Å²) in [7, 11) is 1.47. The summed E-state index contributed by atoms with van der Waals surface area (Å²) >= 11 is 0. The number of nitrogens with one attached hydrogen (secondary N) is 1. The monoisotopic (exact) mass is 380 g/mol. The second-order valence-corrected chi connectivity index (χ2v) is 6.26. The number of esters is 1. The fourth-order valence-corrected chi connectivity index (χ4v) is 2.81. The summed E-state index contributed by atoms with van der Waals surface area (Å²) < 4.78 is 24.4. The first-order chi connectivity index (χ1) is 12.9. The number of methoxy groups -OCH3 is 1. The standard InChI is InChI=1S/C19H25FN2O5/c1-4-26-18(24)6-5-7-21-17(23)11-13-10-15(22-27-13)19-14(20)8-12(2)9-16(19)25-3/h8-9,13H,4-7,10-11H2,1-3H3,(H,21,23). The predicted octanol–water partition coefficient (Wildman–Crippen LogP) is 2.49. The summed E-state index contributed by atoms with van der Waals surface area (Å²) in [5.41, 5.74) is 1.43. The summed E-state index contributed by atoms with van der Waals surface area (Å²) in [6.07, 6.45) is 0.710. The molecule has 0 saturated heterocycles. The van der Waals surface area contributed by atoms with E-state index in [1.807, 2.05) is 0 Å². The van der Waals surface area contributed by atoms with Crippen molar-refractivity contribution in [3.63, 3.8) is 0 Å². The molecule has 2 rings (SSSR count). The second kappa shape index (κ2) is 9.89. The van der Waals surface area contributed by atoms with E-state index in [0.29, 0.717) is 37.5 Å². The van der Waals surface area contributed by atoms with E-state index in [9.17, 15) is 14.0 Å². The molecule has 1 amide bonds. The molecule has 1 aromatic rings. The molecular formula is C19H25FN2O5. The number of halogens is 1. The fourth-order valence-electron chi connectivity index (χ4n) is 2.81. The van der Waals surface area contributed by atoms with Gasteiger partial charge in [-0.1, -0.05) is 5.16 Å². The molecule has 1 aliphatic rings. The zero-order valence-corrected chi connectivity index (χ0v) is 15.8. The van der Waals surface area contributed by atoms with Crippen LogP contribution in [-0.2, 0) is 19.2 Å². The number of hydrogen-bond acceptors (Lipinski definition) is 6. The van der Waals surface area contributed by atoms with Crippen LogP contribution in [0.1, 0.15) is 43.7 Å². The molecule has 0 spiro atoms. The molecule has 1 unspecified atom stereocenters. The van der Waals surface area contributed by atoms with Gasteiger partial charge in [0.1, 0.15) is 17.7 Å². The number of aryl methyl sites for hydroxylation is 1. The van der Waals surface area contributed by atoms with Gasteiger partial charge in [0.05, 0.1) is 31.4 Å². The second-order valence-electron chi connectivity index (χ2n) is 6.26.